The average molecular weight is 289 g/mol. The van der Waals surface area contributed by atoms with Gasteiger partial charge in [-0.3, -0.25) is 4.79 Å². The topological polar surface area (TPSA) is 55.1 Å². The number of primary amides is 1. The van der Waals surface area contributed by atoms with Crippen molar-refractivity contribution in [2.75, 3.05) is 5.32 Å². The number of para-hydroxylation sites is 1. The minimum Gasteiger partial charge on any atom is -0.371 e. The van der Waals surface area contributed by atoms with Crippen molar-refractivity contribution in [2.45, 2.75) is 18.9 Å². The van der Waals surface area contributed by atoms with Crippen LogP contribution < -0.4 is 11.1 Å². The fourth-order valence-electron chi connectivity index (χ4n) is 2.04. The Labute approximate surface area is 123 Å². The summed E-state index contributed by atoms with van der Waals surface area (Å²) in [4.78, 5) is 11.8. The highest BCUT2D eigenvalue weighted by Gasteiger charge is 2.31. The van der Waals surface area contributed by atoms with Crippen molar-refractivity contribution < 1.29 is 4.79 Å². The van der Waals surface area contributed by atoms with Crippen LogP contribution in [-0.2, 0) is 11.2 Å². The fourth-order valence-corrected chi connectivity index (χ4v) is 2.17. The molecular formula is C16H17ClN2O. The number of anilines is 1. The normalized spacial score (nSPS) is 13.5. The average Bonchev–Trinajstić information content (AvgIpc) is 2.42. The van der Waals surface area contributed by atoms with Crippen molar-refractivity contribution in [3.05, 3.63) is 65.2 Å². The number of carbonyl (C=O) groups is 1. The molecule has 3 N–H and O–H groups in total. The zero-order valence-corrected chi connectivity index (χ0v) is 12.0. The maximum atomic E-state index is 11.8. The molecule has 0 aromatic heterocycles. The SMILES string of the molecule is CC(Cc1ccc(Cl)cc1)(Nc1ccccc1)C(N)=O. The molecule has 0 heterocycles. The summed E-state index contributed by atoms with van der Waals surface area (Å²) in [6.07, 6.45) is 0.494. The van der Waals surface area contributed by atoms with Crippen molar-refractivity contribution in [1.29, 1.82) is 0 Å². The number of amides is 1. The molecule has 2 aromatic carbocycles. The minimum absolute atomic E-state index is 0.392. The van der Waals surface area contributed by atoms with Crippen LogP contribution in [0.3, 0.4) is 0 Å². The molecule has 0 fully saturated rings. The molecule has 0 aliphatic carbocycles. The number of nitrogens with two attached hydrogens (primary N) is 1. The van der Waals surface area contributed by atoms with Gasteiger partial charge in [0.15, 0.2) is 0 Å². The molecule has 0 saturated heterocycles. The number of nitrogens with one attached hydrogen (secondary N) is 1. The van der Waals surface area contributed by atoms with Gasteiger partial charge in [0.2, 0.25) is 5.91 Å². The maximum Gasteiger partial charge on any atom is 0.243 e. The van der Waals surface area contributed by atoms with E-state index in [0.717, 1.165) is 11.3 Å². The third-order valence-electron chi connectivity index (χ3n) is 3.21. The Kier molecular flexibility index (Phi) is 4.30. The monoisotopic (exact) mass is 288 g/mol. The number of carbonyl (C=O) groups excluding carboxylic acids is 1. The van der Waals surface area contributed by atoms with E-state index in [-0.39, 0.29) is 0 Å². The van der Waals surface area contributed by atoms with E-state index < -0.39 is 11.4 Å². The summed E-state index contributed by atoms with van der Waals surface area (Å²) >= 11 is 5.87. The van der Waals surface area contributed by atoms with Crippen LogP contribution in [0.4, 0.5) is 5.69 Å². The molecule has 104 valence electrons. The third kappa shape index (κ3) is 3.52. The van der Waals surface area contributed by atoms with Crippen molar-refractivity contribution >= 4 is 23.2 Å². The summed E-state index contributed by atoms with van der Waals surface area (Å²) in [6, 6.07) is 17.0. The molecule has 0 bridgehead atoms. The van der Waals surface area contributed by atoms with Gasteiger partial charge in [-0.25, -0.2) is 0 Å². The van der Waals surface area contributed by atoms with Gasteiger partial charge in [-0.05, 0) is 36.8 Å². The van der Waals surface area contributed by atoms with Crippen LogP contribution in [0, 0.1) is 0 Å². The molecule has 20 heavy (non-hydrogen) atoms. The molecule has 0 aliphatic rings. The van der Waals surface area contributed by atoms with Crippen LogP contribution in [0.25, 0.3) is 0 Å². The van der Waals surface area contributed by atoms with Gasteiger partial charge in [-0.1, -0.05) is 41.9 Å². The Bertz CT molecular complexity index is 583. The van der Waals surface area contributed by atoms with Crippen molar-refractivity contribution in [3.63, 3.8) is 0 Å². The fraction of sp³-hybridized carbons (Fsp3) is 0.188. The van der Waals surface area contributed by atoms with Crippen LogP contribution in [0.15, 0.2) is 54.6 Å². The van der Waals surface area contributed by atoms with Gasteiger partial charge in [-0.15, -0.1) is 0 Å². The molecule has 1 amide bonds. The summed E-state index contributed by atoms with van der Waals surface area (Å²) < 4.78 is 0. The van der Waals surface area contributed by atoms with Gasteiger partial charge in [0.05, 0.1) is 0 Å². The van der Waals surface area contributed by atoms with Crippen LogP contribution in [-0.4, -0.2) is 11.4 Å². The highest BCUT2D eigenvalue weighted by atomic mass is 35.5. The number of hydrogen-bond acceptors (Lipinski definition) is 2. The first-order chi connectivity index (χ1) is 9.49. The summed E-state index contributed by atoms with van der Waals surface area (Å²) in [5, 5.41) is 3.88. The molecule has 2 rings (SSSR count). The van der Waals surface area contributed by atoms with Gasteiger partial charge >= 0.3 is 0 Å². The molecule has 4 heteroatoms. The number of benzene rings is 2. The number of hydrogen-bond donors (Lipinski definition) is 2. The quantitative estimate of drug-likeness (QED) is 0.887. The third-order valence-corrected chi connectivity index (χ3v) is 3.46. The van der Waals surface area contributed by atoms with E-state index in [2.05, 4.69) is 5.32 Å². The standard InChI is InChI=1S/C16H17ClN2O/c1-16(15(18)20,19-14-5-3-2-4-6-14)11-12-7-9-13(17)10-8-12/h2-10,19H,11H2,1H3,(H2,18,20). The molecule has 2 aromatic rings. The second kappa shape index (κ2) is 5.97. The zero-order valence-electron chi connectivity index (χ0n) is 11.3. The Hall–Kier alpha value is -2.00. The molecule has 0 radical (unpaired) electrons. The lowest BCUT2D eigenvalue weighted by Gasteiger charge is -2.29. The van der Waals surface area contributed by atoms with E-state index in [1.54, 1.807) is 19.1 Å². The van der Waals surface area contributed by atoms with E-state index in [9.17, 15) is 4.79 Å². The van der Waals surface area contributed by atoms with Gasteiger partial charge in [0, 0.05) is 17.1 Å². The van der Waals surface area contributed by atoms with E-state index >= 15 is 0 Å². The first kappa shape index (κ1) is 14.4. The predicted molar refractivity (Wildman–Crippen MR) is 82.8 cm³/mol. The number of halogens is 1. The largest absolute Gasteiger partial charge is 0.371 e. The lowest BCUT2D eigenvalue weighted by molar-refractivity contribution is -0.121. The Morgan fingerprint density at radius 3 is 2.30 bits per heavy atom. The van der Waals surface area contributed by atoms with Crippen LogP contribution in [0.2, 0.25) is 5.02 Å². The summed E-state index contributed by atoms with van der Waals surface area (Å²) in [5.41, 5.74) is 6.58. The lowest BCUT2D eigenvalue weighted by atomic mass is 9.91. The predicted octanol–water partition coefficient (Wildman–Crippen LogP) is 3.24. The van der Waals surface area contributed by atoms with E-state index in [1.165, 1.54) is 0 Å². The highest BCUT2D eigenvalue weighted by Crippen LogP contribution is 2.21. The first-order valence-corrected chi connectivity index (χ1v) is 6.75. The lowest BCUT2D eigenvalue weighted by Crippen LogP contribution is -2.49. The van der Waals surface area contributed by atoms with Crippen LogP contribution in [0.1, 0.15) is 12.5 Å². The Morgan fingerprint density at radius 1 is 1.15 bits per heavy atom. The van der Waals surface area contributed by atoms with Crippen molar-refractivity contribution in [2.24, 2.45) is 5.73 Å². The minimum atomic E-state index is -0.852. The number of rotatable bonds is 5. The Balaban J connectivity index is 2.21. The molecular weight excluding hydrogens is 272 g/mol. The van der Waals surface area contributed by atoms with Gasteiger partial charge < -0.3 is 11.1 Å². The second-order valence-corrected chi connectivity index (χ2v) is 5.43. The van der Waals surface area contributed by atoms with Crippen LogP contribution in [0.5, 0.6) is 0 Å². The second-order valence-electron chi connectivity index (χ2n) is 4.99. The summed E-state index contributed by atoms with van der Waals surface area (Å²) in [5.74, 6) is -0.392. The summed E-state index contributed by atoms with van der Waals surface area (Å²) in [6.45, 7) is 1.80. The molecule has 1 atom stereocenters. The molecule has 0 aliphatic heterocycles. The first-order valence-electron chi connectivity index (χ1n) is 6.37. The van der Waals surface area contributed by atoms with E-state index in [1.807, 2.05) is 42.5 Å². The van der Waals surface area contributed by atoms with Crippen LogP contribution >= 0.6 is 11.6 Å². The van der Waals surface area contributed by atoms with E-state index in [4.69, 9.17) is 17.3 Å². The summed E-state index contributed by atoms with van der Waals surface area (Å²) in [7, 11) is 0. The van der Waals surface area contributed by atoms with Gasteiger partial charge in [0.25, 0.3) is 0 Å². The van der Waals surface area contributed by atoms with Crippen molar-refractivity contribution in [1.82, 2.24) is 0 Å². The van der Waals surface area contributed by atoms with Crippen molar-refractivity contribution in [3.8, 4) is 0 Å². The molecule has 0 saturated carbocycles. The van der Waals surface area contributed by atoms with Gasteiger partial charge in [-0.2, -0.15) is 0 Å². The van der Waals surface area contributed by atoms with Gasteiger partial charge in [0.1, 0.15) is 5.54 Å². The molecule has 0 spiro atoms. The Morgan fingerprint density at radius 2 is 1.75 bits per heavy atom. The maximum absolute atomic E-state index is 11.8. The highest BCUT2D eigenvalue weighted by molar-refractivity contribution is 6.30. The molecule has 3 nitrogen and oxygen atoms in total. The molecule has 1 unspecified atom stereocenters. The smallest absolute Gasteiger partial charge is 0.243 e. The van der Waals surface area contributed by atoms with E-state index in [0.29, 0.717) is 11.4 Å². The zero-order chi connectivity index (χ0) is 14.6.